The van der Waals surface area contributed by atoms with Crippen LogP contribution in [0.5, 0.6) is 0 Å². The van der Waals surface area contributed by atoms with Gasteiger partial charge in [0.2, 0.25) is 5.95 Å². The molecule has 1 saturated carbocycles. The number of aliphatic hydroxyl groups is 1. The van der Waals surface area contributed by atoms with Crippen LogP contribution in [-0.2, 0) is 6.54 Å². The molecule has 0 radical (unpaired) electrons. The second-order valence-corrected chi connectivity index (χ2v) is 5.93. The van der Waals surface area contributed by atoms with E-state index in [0.717, 1.165) is 37.4 Å². The normalized spacial score (nSPS) is 23.6. The van der Waals surface area contributed by atoms with Crippen molar-refractivity contribution in [1.29, 1.82) is 0 Å². The fraction of sp³-hybridized carbons (Fsp3) is 0.733. The minimum atomic E-state index is 0.174. The number of hydrogen-bond donors (Lipinski definition) is 2. The number of nitrogens with one attached hydrogen (secondary N) is 1. The average molecular weight is 276 g/mol. The molecule has 2 fully saturated rings. The molecule has 2 aliphatic rings. The second-order valence-electron chi connectivity index (χ2n) is 5.93. The van der Waals surface area contributed by atoms with E-state index in [1.165, 1.54) is 25.7 Å². The van der Waals surface area contributed by atoms with Gasteiger partial charge in [0, 0.05) is 37.1 Å². The highest BCUT2D eigenvalue weighted by Crippen LogP contribution is 2.21. The van der Waals surface area contributed by atoms with Crippen molar-refractivity contribution in [3.8, 4) is 0 Å². The van der Waals surface area contributed by atoms with Gasteiger partial charge in [-0.25, -0.2) is 9.97 Å². The van der Waals surface area contributed by atoms with E-state index < -0.39 is 0 Å². The zero-order valence-corrected chi connectivity index (χ0v) is 12.0. The van der Waals surface area contributed by atoms with Crippen molar-refractivity contribution in [3.05, 3.63) is 18.0 Å². The van der Waals surface area contributed by atoms with Crippen LogP contribution in [0.3, 0.4) is 0 Å². The van der Waals surface area contributed by atoms with Crippen LogP contribution < -0.4 is 10.2 Å². The standard InChI is InChI=1S/C15H24N4O/c20-11-14-4-2-1-3-7-19(14)15-17-9-12(10-18-15)8-16-13-5-6-13/h9-10,13-14,16,20H,1-8,11H2. The third-order valence-electron chi connectivity index (χ3n) is 4.21. The second kappa shape index (κ2) is 6.50. The van der Waals surface area contributed by atoms with E-state index in [2.05, 4.69) is 20.2 Å². The maximum Gasteiger partial charge on any atom is 0.225 e. The van der Waals surface area contributed by atoms with Crippen LogP contribution in [-0.4, -0.2) is 40.3 Å². The molecule has 1 aromatic rings. The molecule has 0 spiro atoms. The molecule has 1 aromatic heterocycles. The molecule has 2 N–H and O–H groups in total. The number of anilines is 1. The van der Waals surface area contributed by atoms with Gasteiger partial charge in [0.05, 0.1) is 12.6 Å². The Hall–Kier alpha value is -1.20. The number of hydrogen-bond acceptors (Lipinski definition) is 5. The van der Waals surface area contributed by atoms with Crippen molar-refractivity contribution in [2.45, 2.75) is 57.2 Å². The minimum Gasteiger partial charge on any atom is -0.394 e. The Morgan fingerprint density at radius 2 is 1.95 bits per heavy atom. The monoisotopic (exact) mass is 276 g/mol. The van der Waals surface area contributed by atoms with Crippen LogP contribution in [0.15, 0.2) is 12.4 Å². The van der Waals surface area contributed by atoms with Gasteiger partial charge in [0.15, 0.2) is 0 Å². The molecule has 0 amide bonds. The van der Waals surface area contributed by atoms with E-state index in [-0.39, 0.29) is 12.6 Å². The Balaban J connectivity index is 1.64. The molecule has 20 heavy (non-hydrogen) atoms. The maximum atomic E-state index is 9.55. The zero-order valence-electron chi connectivity index (χ0n) is 12.0. The highest BCUT2D eigenvalue weighted by Gasteiger charge is 2.23. The largest absolute Gasteiger partial charge is 0.394 e. The third kappa shape index (κ3) is 3.46. The summed E-state index contributed by atoms with van der Waals surface area (Å²) in [7, 11) is 0. The van der Waals surface area contributed by atoms with Crippen molar-refractivity contribution in [3.63, 3.8) is 0 Å². The molecule has 1 unspecified atom stereocenters. The summed E-state index contributed by atoms with van der Waals surface area (Å²) in [5.41, 5.74) is 1.14. The number of aliphatic hydroxyl groups excluding tert-OH is 1. The van der Waals surface area contributed by atoms with Gasteiger partial charge in [-0.1, -0.05) is 12.8 Å². The number of nitrogens with zero attached hydrogens (tertiary/aromatic N) is 3. The van der Waals surface area contributed by atoms with Crippen molar-refractivity contribution in [2.75, 3.05) is 18.1 Å². The first-order chi connectivity index (χ1) is 9.86. The molecule has 0 bridgehead atoms. The summed E-state index contributed by atoms with van der Waals surface area (Å²) in [5.74, 6) is 0.765. The summed E-state index contributed by atoms with van der Waals surface area (Å²) in [6.07, 6.45) is 11.0. The van der Waals surface area contributed by atoms with Crippen LogP contribution >= 0.6 is 0 Å². The van der Waals surface area contributed by atoms with E-state index in [9.17, 15) is 5.11 Å². The Morgan fingerprint density at radius 3 is 2.65 bits per heavy atom. The quantitative estimate of drug-likeness (QED) is 0.853. The summed E-state index contributed by atoms with van der Waals surface area (Å²) in [5, 5.41) is 13.0. The molecule has 1 aliphatic heterocycles. The van der Waals surface area contributed by atoms with Crippen molar-refractivity contribution < 1.29 is 5.11 Å². The molecule has 0 aromatic carbocycles. The third-order valence-corrected chi connectivity index (χ3v) is 4.21. The lowest BCUT2D eigenvalue weighted by atomic mass is 10.1. The lowest BCUT2D eigenvalue weighted by molar-refractivity contribution is 0.254. The first-order valence-electron chi connectivity index (χ1n) is 7.78. The van der Waals surface area contributed by atoms with Crippen molar-refractivity contribution in [2.24, 2.45) is 0 Å². The molecule has 5 nitrogen and oxygen atoms in total. The van der Waals surface area contributed by atoms with E-state index in [4.69, 9.17) is 0 Å². The maximum absolute atomic E-state index is 9.55. The SMILES string of the molecule is OCC1CCCCCN1c1ncc(CNC2CC2)cn1. The van der Waals surface area contributed by atoms with Crippen LogP contribution in [0.25, 0.3) is 0 Å². The lowest BCUT2D eigenvalue weighted by Crippen LogP contribution is -2.38. The Bertz CT molecular complexity index is 418. The minimum absolute atomic E-state index is 0.174. The summed E-state index contributed by atoms with van der Waals surface area (Å²) in [6, 6.07) is 0.881. The van der Waals surface area contributed by atoms with Crippen LogP contribution in [0.1, 0.15) is 44.1 Å². The molecule has 3 rings (SSSR count). The molecule has 110 valence electrons. The number of aromatic nitrogens is 2. The van der Waals surface area contributed by atoms with Gasteiger partial charge in [-0.15, -0.1) is 0 Å². The van der Waals surface area contributed by atoms with E-state index in [1.54, 1.807) is 0 Å². The van der Waals surface area contributed by atoms with Gasteiger partial charge < -0.3 is 15.3 Å². The summed E-state index contributed by atoms with van der Waals surface area (Å²) >= 11 is 0. The Morgan fingerprint density at radius 1 is 1.15 bits per heavy atom. The van der Waals surface area contributed by atoms with Crippen LogP contribution in [0.2, 0.25) is 0 Å². The van der Waals surface area contributed by atoms with Gasteiger partial charge >= 0.3 is 0 Å². The predicted molar refractivity (Wildman–Crippen MR) is 78.6 cm³/mol. The summed E-state index contributed by atoms with van der Waals surface area (Å²) in [4.78, 5) is 11.2. The topological polar surface area (TPSA) is 61.3 Å². The van der Waals surface area contributed by atoms with E-state index in [0.29, 0.717) is 6.04 Å². The molecule has 2 heterocycles. The summed E-state index contributed by atoms with van der Waals surface area (Å²) in [6.45, 7) is 1.99. The highest BCUT2D eigenvalue weighted by atomic mass is 16.3. The van der Waals surface area contributed by atoms with Crippen molar-refractivity contribution in [1.82, 2.24) is 15.3 Å². The Labute approximate surface area is 120 Å². The van der Waals surface area contributed by atoms with E-state index >= 15 is 0 Å². The first kappa shape index (κ1) is 13.8. The molecule has 1 aliphatic carbocycles. The van der Waals surface area contributed by atoms with Gasteiger partial charge in [0.25, 0.3) is 0 Å². The van der Waals surface area contributed by atoms with Crippen LogP contribution in [0, 0.1) is 0 Å². The summed E-state index contributed by atoms with van der Waals surface area (Å²) < 4.78 is 0. The van der Waals surface area contributed by atoms with Gasteiger partial charge in [-0.3, -0.25) is 0 Å². The fourth-order valence-corrected chi connectivity index (χ4v) is 2.77. The average Bonchev–Trinajstić information content (AvgIpc) is 3.32. The lowest BCUT2D eigenvalue weighted by Gasteiger charge is -2.28. The first-order valence-corrected chi connectivity index (χ1v) is 7.78. The highest BCUT2D eigenvalue weighted by molar-refractivity contribution is 5.32. The smallest absolute Gasteiger partial charge is 0.225 e. The molecule has 5 heteroatoms. The number of rotatable bonds is 5. The molecule has 1 saturated heterocycles. The van der Waals surface area contributed by atoms with Gasteiger partial charge in [0.1, 0.15) is 0 Å². The van der Waals surface area contributed by atoms with Gasteiger partial charge in [-0.05, 0) is 25.7 Å². The van der Waals surface area contributed by atoms with E-state index in [1.807, 2.05) is 12.4 Å². The predicted octanol–water partition coefficient (Wildman–Crippen LogP) is 1.47. The molecular weight excluding hydrogens is 252 g/mol. The molecular formula is C15H24N4O. The fourth-order valence-electron chi connectivity index (χ4n) is 2.77. The zero-order chi connectivity index (χ0) is 13.8. The van der Waals surface area contributed by atoms with Crippen molar-refractivity contribution >= 4 is 5.95 Å². The van der Waals surface area contributed by atoms with Crippen LogP contribution in [0.4, 0.5) is 5.95 Å². The molecule has 1 atom stereocenters. The Kier molecular flexibility index (Phi) is 4.47. The van der Waals surface area contributed by atoms with Gasteiger partial charge in [-0.2, -0.15) is 0 Å².